The summed E-state index contributed by atoms with van der Waals surface area (Å²) in [4.78, 5) is 22.8. The lowest BCUT2D eigenvalue weighted by atomic mass is 10.2. The Morgan fingerprint density at radius 1 is 1.28 bits per heavy atom. The highest BCUT2D eigenvalue weighted by atomic mass is 32.2. The molecule has 2 aromatic rings. The Bertz CT molecular complexity index is 768. The van der Waals surface area contributed by atoms with Gasteiger partial charge in [-0.1, -0.05) is 24.3 Å². The highest BCUT2D eigenvalue weighted by Crippen LogP contribution is 2.29. The molecule has 0 bridgehead atoms. The van der Waals surface area contributed by atoms with E-state index in [0.29, 0.717) is 21.9 Å². The summed E-state index contributed by atoms with van der Waals surface area (Å²) in [7, 11) is 0. The van der Waals surface area contributed by atoms with Gasteiger partial charge in [0.1, 0.15) is 0 Å². The van der Waals surface area contributed by atoms with Crippen molar-refractivity contribution in [3.05, 3.63) is 64.2 Å². The number of thioether (sulfide) groups is 1. The maximum atomic E-state index is 11.7. The number of nitro groups is 1. The molecular weight excluding hydrogens is 344 g/mol. The van der Waals surface area contributed by atoms with Crippen LogP contribution in [0, 0.1) is 10.1 Å². The number of hydrogen-bond acceptors (Lipinski definition) is 6. The highest BCUT2D eigenvalue weighted by Gasteiger charge is 2.14. The van der Waals surface area contributed by atoms with Crippen LogP contribution in [0.3, 0.4) is 0 Å². The third-order valence-corrected chi connectivity index (χ3v) is 3.98. The highest BCUT2D eigenvalue weighted by molar-refractivity contribution is 7.99. The van der Waals surface area contributed by atoms with Crippen molar-refractivity contribution in [1.82, 2.24) is 5.43 Å². The van der Waals surface area contributed by atoms with E-state index < -0.39 is 11.0 Å². The first-order chi connectivity index (χ1) is 12.1. The van der Waals surface area contributed by atoms with Crippen LogP contribution in [0.5, 0.6) is 0 Å². The number of nitrogens with one attached hydrogen (secondary N) is 2. The van der Waals surface area contributed by atoms with Crippen molar-refractivity contribution in [1.29, 1.82) is 0 Å². The normalized spacial score (nSPS) is 10.6. The van der Waals surface area contributed by atoms with Crippen molar-refractivity contribution >= 4 is 35.4 Å². The smallest absolute Gasteiger partial charge is 0.339 e. The fraction of sp³-hybridized carbons (Fsp3) is 0.125. The Labute approximate surface area is 148 Å². The van der Waals surface area contributed by atoms with Gasteiger partial charge in [0.15, 0.2) is 0 Å². The van der Waals surface area contributed by atoms with Gasteiger partial charge >= 0.3 is 6.03 Å². The molecule has 130 valence electrons. The van der Waals surface area contributed by atoms with E-state index in [-0.39, 0.29) is 12.3 Å². The summed E-state index contributed by atoms with van der Waals surface area (Å²) in [5, 5.41) is 26.3. The van der Waals surface area contributed by atoms with Crippen molar-refractivity contribution in [2.24, 2.45) is 5.10 Å². The van der Waals surface area contributed by atoms with E-state index in [9.17, 15) is 14.9 Å². The second kappa shape index (κ2) is 9.40. The summed E-state index contributed by atoms with van der Waals surface area (Å²) < 4.78 is 0. The van der Waals surface area contributed by atoms with Gasteiger partial charge < -0.3 is 10.4 Å². The summed E-state index contributed by atoms with van der Waals surface area (Å²) in [5.41, 5.74) is 3.31. The summed E-state index contributed by atoms with van der Waals surface area (Å²) in [5.74, 6) is 0.371. The Balaban J connectivity index is 1.99. The van der Waals surface area contributed by atoms with Gasteiger partial charge in [0.05, 0.1) is 22.6 Å². The minimum Gasteiger partial charge on any atom is -0.396 e. The summed E-state index contributed by atoms with van der Waals surface area (Å²) >= 11 is 1.20. The molecule has 0 fully saturated rings. The number of para-hydroxylation sites is 1. The van der Waals surface area contributed by atoms with E-state index in [0.717, 1.165) is 0 Å². The van der Waals surface area contributed by atoms with Crippen LogP contribution in [0.4, 0.5) is 16.2 Å². The van der Waals surface area contributed by atoms with E-state index in [1.165, 1.54) is 24.0 Å². The molecule has 9 heteroatoms. The average molecular weight is 360 g/mol. The summed E-state index contributed by atoms with van der Waals surface area (Å²) in [6.07, 6.45) is 1.32. The Kier molecular flexibility index (Phi) is 6.93. The van der Waals surface area contributed by atoms with Crippen molar-refractivity contribution in [3.63, 3.8) is 0 Å². The quantitative estimate of drug-likeness (QED) is 0.304. The molecule has 0 spiro atoms. The van der Waals surface area contributed by atoms with Crippen LogP contribution >= 0.6 is 11.8 Å². The molecule has 2 amide bonds. The lowest BCUT2D eigenvalue weighted by Crippen LogP contribution is -2.24. The predicted octanol–water partition coefficient (Wildman–Crippen LogP) is 2.83. The molecule has 0 unspecified atom stereocenters. The Morgan fingerprint density at radius 2 is 2.04 bits per heavy atom. The molecule has 0 saturated heterocycles. The first-order valence-corrected chi connectivity index (χ1v) is 8.26. The largest absolute Gasteiger partial charge is 0.396 e. The van der Waals surface area contributed by atoms with Crippen LogP contribution < -0.4 is 10.7 Å². The van der Waals surface area contributed by atoms with Gasteiger partial charge in [-0.25, -0.2) is 10.2 Å². The van der Waals surface area contributed by atoms with Crippen molar-refractivity contribution in [2.75, 3.05) is 17.7 Å². The van der Waals surface area contributed by atoms with Gasteiger partial charge in [-0.3, -0.25) is 10.1 Å². The van der Waals surface area contributed by atoms with Gasteiger partial charge in [-0.15, -0.1) is 11.8 Å². The lowest BCUT2D eigenvalue weighted by molar-refractivity contribution is -0.387. The molecule has 3 N–H and O–H groups in total. The molecule has 0 saturated carbocycles. The number of nitrogens with zero attached hydrogens (tertiary/aromatic N) is 2. The van der Waals surface area contributed by atoms with E-state index in [1.54, 1.807) is 36.4 Å². The van der Waals surface area contributed by atoms with E-state index >= 15 is 0 Å². The molecule has 0 heterocycles. The van der Waals surface area contributed by atoms with Gasteiger partial charge in [0.2, 0.25) is 0 Å². The molecule has 2 rings (SSSR count). The second-order valence-corrected chi connectivity index (χ2v) is 5.88. The van der Waals surface area contributed by atoms with Gasteiger partial charge in [0, 0.05) is 23.1 Å². The van der Waals surface area contributed by atoms with Crippen molar-refractivity contribution in [2.45, 2.75) is 4.90 Å². The monoisotopic (exact) mass is 360 g/mol. The number of nitro benzene ring substituents is 1. The molecule has 8 nitrogen and oxygen atoms in total. The average Bonchev–Trinajstić information content (AvgIpc) is 2.61. The van der Waals surface area contributed by atoms with Crippen LogP contribution in [0.2, 0.25) is 0 Å². The third kappa shape index (κ3) is 5.90. The molecule has 0 radical (unpaired) electrons. The van der Waals surface area contributed by atoms with Crippen molar-refractivity contribution < 1.29 is 14.8 Å². The van der Waals surface area contributed by atoms with Crippen LogP contribution in [-0.4, -0.2) is 34.6 Å². The number of amides is 2. The molecule has 25 heavy (non-hydrogen) atoms. The molecule has 2 aromatic carbocycles. The van der Waals surface area contributed by atoms with Crippen LogP contribution in [0.25, 0.3) is 0 Å². The number of hydrazone groups is 1. The number of hydrogen-bond donors (Lipinski definition) is 3. The first-order valence-electron chi connectivity index (χ1n) is 7.27. The number of aliphatic hydroxyl groups excluding tert-OH is 1. The summed E-state index contributed by atoms with van der Waals surface area (Å²) in [6, 6.07) is 12.9. The Morgan fingerprint density at radius 3 is 2.72 bits per heavy atom. The van der Waals surface area contributed by atoms with E-state index in [1.807, 2.05) is 6.07 Å². The summed E-state index contributed by atoms with van der Waals surface area (Å²) in [6.45, 7) is -0.0640. The number of rotatable bonds is 7. The molecule has 0 aliphatic heterocycles. The number of anilines is 1. The van der Waals surface area contributed by atoms with E-state index in [4.69, 9.17) is 5.11 Å². The number of aliphatic hydroxyl groups is 1. The zero-order valence-electron chi connectivity index (χ0n) is 13.1. The van der Waals surface area contributed by atoms with E-state index in [2.05, 4.69) is 15.8 Å². The fourth-order valence-electron chi connectivity index (χ4n) is 1.88. The zero-order chi connectivity index (χ0) is 18.1. The third-order valence-electron chi connectivity index (χ3n) is 2.94. The fourth-order valence-corrected chi connectivity index (χ4v) is 2.64. The molecule has 0 aliphatic rings. The molecule has 0 aliphatic carbocycles. The number of urea groups is 1. The van der Waals surface area contributed by atoms with Crippen molar-refractivity contribution in [3.8, 4) is 0 Å². The minimum atomic E-state index is -0.521. The molecule has 0 atom stereocenters. The maximum absolute atomic E-state index is 11.7. The number of carbonyl (C=O) groups is 1. The topological polar surface area (TPSA) is 117 Å². The first kappa shape index (κ1) is 18.4. The van der Waals surface area contributed by atoms with Crippen LogP contribution in [0.1, 0.15) is 5.56 Å². The zero-order valence-corrected chi connectivity index (χ0v) is 13.9. The predicted molar refractivity (Wildman–Crippen MR) is 97.1 cm³/mol. The SMILES string of the molecule is O=C(N/N=C/c1ccc(SCCO)c([N+](=O)[O-])c1)Nc1ccccc1. The minimum absolute atomic E-state index is 0.0640. The standard InChI is InChI=1S/C16H16N4O4S/c21-8-9-25-15-7-6-12(10-14(15)20(23)24)11-17-19-16(22)18-13-4-2-1-3-5-13/h1-7,10-11,21H,8-9H2,(H2,18,19,22)/b17-11+. The number of carbonyl (C=O) groups excluding carboxylic acids is 1. The maximum Gasteiger partial charge on any atom is 0.339 e. The van der Waals surface area contributed by atoms with Gasteiger partial charge in [-0.2, -0.15) is 5.10 Å². The van der Waals surface area contributed by atoms with Gasteiger partial charge in [-0.05, 0) is 18.2 Å². The van der Waals surface area contributed by atoms with Gasteiger partial charge in [0.25, 0.3) is 5.69 Å². The lowest BCUT2D eigenvalue weighted by Gasteiger charge is -2.04. The molecular formula is C16H16N4O4S. The Hall–Kier alpha value is -2.91. The second-order valence-electron chi connectivity index (χ2n) is 4.75. The van der Waals surface area contributed by atoms with Crippen LogP contribution in [0.15, 0.2) is 58.5 Å². The molecule has 0 aromatic heterocycles. The van der Waals surface area contributed by atoms with Crippen LogP contribution in [-0.2, 0) is 0 Å². The number of benzene rings is 2.